The molecule has 0 aliphatic carbocycles. The van der Waals surface area contributed by atoms with Crippen molar-refractivity contribution in [1.82, 2.24) is 4.98 Å². The number of halogens is 4. The Morgan fingerprint density at radius 3 is 2.44 bits per heavy atom. The number of thioether (sulfide) groups is 1. The highest BCUT2D eigenvalue weighted by Crippen LogP contribution is 2.37. The molecule has 0 saturated carbocycles. The Morgan fingerprint density at radius 1 is 1.12 bits per heavy atom. The normalized spacial score (nSPS) is 11.8. The smallest absolute Gasteiger partial charge is 0.446 e. The molecule has 25 heavy (non-hydrogen) atoms. The minimum atomic E-state index is -4.34. The van der Waals surface area contributed by atoms with Crippen LogP contribution in [0.15, 0.2) is 52.2 Å². The van der Waals surface area contributed by atoms with Gasteiger partial charge in [-0.05, 0) is 70.2 Å². The van der Waals surface area contributed by atoms with E-state index in [0.29, 0.717) is 16.5 Å². The molecule has 2 N–H and O–H groups in total. The summed E-state index contributed by atoms with van der Waals surface area (Å²) >= 11 is 1.91. The Kier molecular flexibility index (Phi) is 5.01. The van der Waals surface area contributed by atoms with E-state index in [2.05, 4.69) is 27.6 Å². The molecule has 0 amide bonds. The van der Waals surface area contributed by atoms with Crippen molar-refractivity contribution in [3.63, 3.8) is 0 Å². The van der Waals surface area contributed by atoms with Crippen LogP contribution in [0.2, 0.25) is 0 Å². The van der Waals surface area contributed by atoms with E-state index < -0.39 is 11.1 Å². The van der Waals surface area contributed by atoms with Gasteiger partial charge in [0.2, 0.25) is 0 Å². The van der Waals surface area contributed by atoms with Gasteiger partial charge in [0.25, 0.3) is 5.56 Å². The minimum Gasteiger partial charge on any atom is -0.507 e. The Hall–Kier alpha value is -1.68. The molecule has 3 aromatic rings. The van der Waals surface area contributed by atoms with Crippen LogP contribution in [0.1, 0.15) is 11.1 Å². The minimum absolute atomic E-state index is 0.0717. The Balaban J connectivity index is 1.94. The predicted octanol–water partition coefficient (Wildman–Crippen LogP) is 5.04. The first kappa shape index (κ1) is 18.1. The average Bonchev–Trinajstić information content (AvgIpc) is 2.52. The van der Waals surface area contributed by atoms with Crippen LogP contribution in [0, 0.1) is 3.57 Å². The fourth-order valence-corrected chi connectivity index (χ4v) is 3.50. The van der Waals surface area contributed by atoms with Gasteiger partial charge in [0.05, 0.1) is 11.1 Å². The number of alkyl halides is 3. The molecule has 0 aliphatic heterocycles. The van der Waals surface area contributed by atoms with Crippen LogP contribution in [0.5, 0.6) is 5.75 Å². The Bertz CT molecular complexity index is 984. The molecule has 0 bridgehead atoms. The second-order valence-corrected chi connectivity index (χ2v) is 7.72. The maximum absolute atomic E-state index is 12.4. The van der Waals surface area contributed by atoms with Crippen LogP contribution >= 0.6 is 34.4 Å². The molecule has 1 aromatic heterocycles. The lowest BCUT2D eigenvalue weighted by Gasteiger charge is -2.09. The van der Waals surface area contributed by atoms with E-state index in [1.807, 2.05) is 6.07 Å². The van der Waals surface area contributed by atoms with E-state index in [4.69, 9.17) is 0 Å². The third-order valence-corrected chi connectivity index (χ3v) is 4.99. The quantitative estimate of drug-likeness (QED) is 0.411. The van der Waals surface area contributed by atoms with Crippen molar-refractivity contribution in [3.8, 4) is 5.75 Å². The van der Waals surface area contributed by atoms with Crippen LogP contribution in [0.3, 0.4) is 0 Å². The third kappa shape index (κ3) is 4.30. The van der Waals surface area contributed by atoms with Gasteiger partial charge < -0.3 is 10.1 Å². The van der Waals surface area contributed by atoms with E-state index in [1.165, 1.54) is 24.3 Å². The fourth-order valence-electron chi connectivity index (χ4n) is 2.47. The predicted molar refractivity (Wildman–Crippen MR) is 100 cm³/mol. The molecule has 0 unspecified atom stereocenters. The maximum atomic E-state index is 12.4. The molecule has 8 heteroatoms. The first-order chi connectivity index (χ1) is 11.7. The summed E-state index contributed by atoms with van der Waals surface area (Å²) in [7, 11) is 0. The summed E-state index contributed by atoms with van der Waals surface area (Å²) in [4.78, 5) is 15.0. The molecule has 0 fully saturated rings. The van der Waals surface area contributed by atoms with Gasteiger partial charge in [0.15, 0.2) is 0 Å². The number of aromatic hydroxyl groups is 1. The summed E-state index contributed by atoms with van der Waals surface area (Å²) in [6.07, 6.45) is 0.125. The number of benzene rings is 2. The molecule has 0 spiro atoms. The first-order valence-corrected chi connectivity index (χ1v) is 9.00. The highest BCUT2D eigenvalue weighted by Gasteiger charge is 2.29. The van der Waals surface area contributed by atoms with Gasteiger partial charge in [0.1, 0.15) is 5.75 Å². The van der Waals surface area contributed by atoms with E-state index in [9.17, 15) is 23.1 Å². The van der Waals surface area contributed by atoms with Crippen molar-refractivity contribution in [2.45, 2.75) is 16.8 Å². The zero-order valence-electron chi connectivity index (χ0n) is 12.5. The molecular weight excluding hydrogens is 466 g/mol. The number of hydrogen-bond donors (Lipinski definition) is 2. The lowest BCUT2D eigenvalue weighted by Crippen LogP contribution is -2.13. The number of H-pyrrole nitrogens is 1. The summed E-state index contributed by atoms with van der Waals surface area (Å²) in [5.74, 6) is -0.106. The van der Waals surface area contributed by atoms with Gasteiger partial charge in [-0.2, -0.15) is 13.2 Å². The van der Waals surface area contributed by atoms with Crippen LogP contribution < -0.4 is 5.56 Å². The Labute approximate surface area is 158 Å². The SMILES string of the molecule is O=c1[nH]c2ccc(I)cc2c(O)c1Cc1ccc(SC(F)(F)F)cc1. The number of pyridine rings is 1. The van der Waals surface area contributed by atoms with E-state index in [-0.39, 0.29) is 34.4 Å². The highest BCUT2D eigenvalue weighted by molar-refractivity contribution is 14.1. The zero-order valence-corrected chi connectivity index (χ0v) is 15.5. The topological polar surface area (TPSA) is 53.1 Å². The molecule has 3 rings (SSSR count). The summed E-state index contributed by atoms with van der Waals surface area (Å²) in [6.45, 7) is 0. The largest absolute Gasteiger partial charge is 0.507 e. The third-order valence-electron chi connectivity index (χ3n) is 3.58. The monoisotopic (exact) mass is 477 g/mol. The summed E-state index contributed by atoms with van der Waals surface area (Å²) < 4.78 is 38.0. The van der Waals surface area contributed by atoms with Crippen molar-refractivity contribution in [3.05, 3.63) is 67.5 Å². The molecule has 0 radical (unpaired) electrons. The van der Waals surface area contributed by atoms with Crippen molar-refractivity contribution in [1.29, 1.82) is 0 Å². The Morgan fingerprint density at radius 2 is 1.80 bits per heavy atom. The molecule has 0 saturated heterocycles. The molecule has 0 aliphatic rings. The number of nitrogens with one attached hydrogen (secondary N) is 1. The van der Waals surface area contributed by atoms with Gasteiger partial charge in [0, 0.05) is 20.3 Å². The van der Waals surface area contributed by atoms with Gasteiger partial charge in [-0.3, -0.25) is 4.79 Å². The second-order valence-electron chi connectivity index (χ2n) is 5.34. The zero-order chi connectivity index (χ0) is 18.2. The number of aromatic nitrogens is 1. The van der Waals surface area contributed by atoms with Gasteiger partial charge in [-0.25, -0.2) is 0 Å². The standard InChI is InChI=1S/C17H11F3INO2S/c18-17(19,20)25-11-4-1-9(2-5-11)7-13-15(23)12-8-10(21)3-6-14(12)22-16(13)24/h1-6,8H,7H2,(H2,22,23,24). The summed E-state index contributed by atoms with van der Waals surface area (Å²) in [5.41, 5.74) is -3.40. The fraction of sp³-hybridized carbons (Fsp3) is 0.118. The van der Waals surface area contributed by atoms with Crippen molar-refractivity contribution >= 4 is 45.3 Å². The number of rotatable bonds is 3. The van der Waals surface area contributed by atoms with Gasteiger partial charge in [-0.1, -0.05) is 12.1 Å². The maximum Gasteiger partial charge on any atom is 0.446 e. The molecule has 3 nitrogen and oxygen atoms in total. The van der Waals surface area contributed by atoms with Crippen LogP contribution in [-0.4, -0.2) is 15.6 Å². The molecule has 2 aromatic carbocycles. The second kappa shape index (κ2) is 6.91. The van der Waals surface area contributed by atoms with Crippen LogP contribution in [0.4, 0.5) is 13.2 Å². The first-order valence-electron chi connectivity index (χ1n) is 7.11. The van der Waals surface area contributed by atoms with Gasteiger partial charge >= 0.3 is 5.51 Å². The lowest BCUT2D eigenvalue weighted by atomic mass is 10.0. The van der Waals surface area contributed by atoms with Crippen LogP contribution in [-0.2, 0) is 6.42 Å². The van der Waals surface area contributed by atoms with Crippen molar-refractivity contribution in [2.24, 2.45) is 0 Å². The van der Waals surface area contributed by atoms with Crippen LogP contribution in [0.25, 0.3) is 10.9 Å². The number of fused-ring (bicyclic) bond motifs is 1. The molecular formula is C17H11F3INO2S. The molecule has 1 heterocycles. The van der Waals surface area contributed by atoms with E-state index >= 15 is 0 Å². The van der Waals surface area contributed by atoms with Gasteiger partial charge in [-0.15, -0.1) is 0 Å². The number of hydrogen-bond acceptors (Lipinski definition) is 3. The molecule has 0 atom stereocenters. The lowest BCUT2D eigenvalue weighted by molar-refractivity contribution is -0.0328. The van der Waals surface area contributed by atoms with Crippen molar-refractivity contribution < 1.29 is 18.3 Å². The van der Waals surface area contributed by atoms with Crippen molar-refractivity contribution in [2.75, 3.05) is 0 Å². The highest BCUT2D eigenvalue weighted by atomic mass is 127. The van der Waals surface area contributed by atoms with E-state index in [0.717, 1.165) is 3.57 Å². The average molecular weight is 477 g/mol. The summed E-state index contributed by atoms with van der Waals surface area (Å²) in [6, 6.07) is 11.0. The summed E-state index contributed by atoms with van der Waals surface area (Å²) in [5, 5.41) is 11.0. The number of aromatic amines is 1. The molecule has 130 valence electrons. The van der Waals surface area contributed by atoms with E-state index in [1.54, 1.807) is 12.1 Å².